The highest BCUT2D eigenvalue weighted by atomic mass is 79.9. The number of nitrogens with one attached hydrogen (secondary N) is 1. The van der Waals surface area contributed by atoms with Gasteiger partial charge in [-0.1, -0.05) is 39.8 Å². The van der Waals surface area contributed by atoms with Gasteiger partial charge in [-0.3, -0.25) is 4.79 Å². The molecule has 0 fully saturated rings. The van der Waals surface area contributed by atoms with Crippen LogP contribution < -0.4 is 10.1 Å². The Balaban J connectivity index is 1.76. The maximum Gasteiger partial charge on any atom is 0.433 e. The lowest BCUT2D eigenvalue weighted by atomic mass is 10.1. The summed E-state index contributed by atoms with van der Waals surface area (Å²) in [5, 5.41) is 2.53. The average molecular weight is 498 g/mol. The third kappa shape index (κ3) is 5.96. The topological polar surface area (TPSA) is 64.1 Å². The number of thioether (sulfide) groups is 1. The molecule has 0 spiro atoms. The zero-order chi connectivity index (χ0) is 21.7. The van der Waals surface area contributed by atoms with E-state index < -0.39 is 17.8 Å². The van der Waals surface area contributed by atoms with Gasteiger partial charge in [0.1, 0.15) is 11.4 Å². The minimum atomic E-state index is -4.63. The number of carbonyl (C=O) groups excluding carboxylic acids is 1. The first-order valence-corrected chi connectivity index (χ1v) is 10.3. The lowest BCUT2D eigenvalue weighted by Gasteiger charge is -2.11. The van der Waals surface area contributed by atoms with Crippen molar-refractivity contribution in [3.63, 3.8) is 0 Å². The Morgan fingerprint density at radius 3 is 2.37 bits per heavy atom. The van der Waals surface area contributed by atoms with E-state index in [1.54, 1.807) is 48.5 Å². The molecule has 0 aliphatic carbocycles. The first-order valence-electron chi connectivity index (χ1n) is 8.53. The molecule has 5 nitrogen and oxygen atoms in total. The maximum absolute atomic E-state index is 13.3. The molecule has 3 aromatic rings. The molecule has 156 valence electrons. The summed E-state index contributed by atoms with van der Waals surface area (Å²) in [4.78, 5) is 19.9. The van der Waals surface area contributed by atoms with Crippen LogP contribution in [0.4, 0.5) is 18.9 Å². The van der Waals surface area contributed by atoms with Crippen LogP contribution in [0.1, 0.15) is 5.69 Å². The Labute approximate surface area is 183 Å². The van der Waals surface area contributed by atoms with Crippen molar-refractivity contribution >= 4 is 39.3 Å². The molecule has 0 saturated carbocycles. The number of rotatable bonds is 6. The number of benzene rings is 2. The lowest BCUT2D eigenvalue weighted by Crippen LogP contribution is -2.15. The van der Waals surface area contributed by atoms with Crippen LogP contribution >= 0.6 is 27.7 Å². The van der Waals surface area contributed by atoms with E-state index in [2.05, 4.69) is 31.2 Å². The summed E-state index contributed by atoms with van der Waals surface area (Å²) >= 11 is 4.12. The van der Waals surface area contributed by atoms with Gasteiger partial charge in [-0.25, -0.2) is 9.97 Å². The van der Waals surface area contributed by atoms with Gasteiger partial charge >= 0.3 is 6.18 Å². The molecule has 1 aromatic heterocycles. The van der Waals surface area contributed by atoms with Crippen molar-refractivity contribution in [2.45, 2.75) is 11.3 Å². The first kappa shape index (κ1) is 22.1. The van der Waals surface area contributed by atoms with Gasteiger partial charge in [0.2, 0.25) is 5.91 Å². The summed E-state index contributed by atoms with van der Waals surface area (Å²) in [5.41, 5.74) is 0.119. The zero-order valence-electron chi connectivity index (χ0n) is 15.5. The Morgan fingerprint density at radius 1 is 1.10 bits per heavy atom. The van der Waals surface area contributed by atoms with Gasteiger partial charge < -0.3 is 10.1 Å². The van der Waals surface area contributed by atoms with Crippen molar-refractivity contribution in [2.24, 2.45) is 0 Å². The number of alkyl halides is 3. The molecule has 0 unspecified atom stereocenters. The van der Waals surface area contributed by atoms with Crippen molar-refractivity contribution in [3.8, 4) is 17.0 Å². The molecule has 1 N–H and O–H groups in total. The molecular formula is C20H15BrF3N3O2S. The molecule has 30 heavy (non-hydrogen) atoms. The number of carbonyl (C=O) groups is 1. The second-order valence-corrected chi connectivity index (χ2v) is 7.85. The van der Waals surface area contributed by atoms with Crippen LogP contribution in [0, 0.1) is 0 Å². The molecule has 0 radical (unpaired) electrons. The SMILES string of the molecule is COc1ccc(NC(=O)CSc2nc(-c3ccc(Br)cc3)cc(C(F)(F)F)n2)cc1. The molecule has 0 aliphatic heterocycles. The van der Waals surface area contributed by atoms with Crippen LogP contribution in [-0.2, 0) is 11.0 Å². The van der Waals surface area contributed by atoms with Crippen molar-refractivity contribution in [1.82, 2.24) is 9.97 Å². The van der Waals surface area contributed by atoms with Crippen LogP contribution in [-0.4, -0.2) is 28.7 Å². The Hall–Kier alpha value is -2.59. The van der Waals surface area contributed by atoms with Crippen molar-refractivity contribution < 1.29 is 22.7 Å². The molecule has 10 heteroatoms. The summed E-state index contributed by atoms with van der Waals surface area (Å²) in [5.74, 6) is 0.101. The van der Waals surface area contributed by atoms with E-state index in [1.807, 2.05) is 0 Å². The lowest BCUT2D eigenvalue weighted by molar-refractivity contribution is -0.141. The molecule has 3 rings (SSSR count). The highest BCUT2D eigenvalue weighted by Crippen LogP contribution is 2.32. The van der Waals surface area contributed by atoms with Crippen LogP contribution in [0.5, 0.6) is 5.75 Å². The third-order valence-corrected chi connectivity index (χ3v) is 5.22. The molecule has 0 saturated heterocycles. The summed E-state index contributed by atoms with van der Waals surface area (Å²) in [7, 11) is 1.53. The molecule has 1 heterocycles. The van der Waals surface area contributed by atoms with Gasteiger partial charge in [0, 0.05) is 15.7 Å². The van der Waals surface area contributed by atoms with E-state index in [4.69, 9.17) is 4.74 Å². The molecule has 0 bridgehead atoms. The maximum atomic E-state index is 13.3. The van der Waals surface area contributed by atoms with Gasteiger partial charge in [-0.05, 0) is 42.5 Å². The second kappa shape index (κ2) is 9.48. The fourth-order valence-corrected chi connectivity index (χ4v) is 3.33. The molecule has 0 aliphatic rings. The van der Waals surface area contributed by atoms with Crippen molar-refractivity contribution in [1.29, 1.82) is 0 Å². The number of ether oxygens (including phenoxy) is 1. The number of anilines is 1. The first-order chi connectivity index (χ1) is 14.2. The van der Waals surface area contributed by atoms with E-state index in [0.29, 0.717) is 17.0 Å². The van der Waals surface area contributed by atoms with Gasteiger partial charge in [0.05, 0.1) is 18.6 Å². The second-order valence-electron chi connectivity index (χ2n) is 5.99. The molecule has 0 atom stereocenters. The largest absolute Gasteiger partial charge is 0.497 e. The summed E-state index contributed by atoms with van der Waals surface area (Å²) in [6.07, 6.45) is -4.63. The molecular weight excluding hydrogens is 483 g/mol. The minimum Gasteiger partial charge on any atom is -0.497 e. The minimum absolute atomic E-state index is 0.128. The monoisotopic (exact) mass is 497 g/mol. The quantitative estimate of drug-likeness (QED) is 0.351. The summed E-state index contributed by atoms with van der Waals surface area (Å²) in [6.45, 7) is 0. The number of halogens is 4. The Kier molecular flexibility index (Phi) is 6.99. The molecule has 2 aromatic carbocycles. The van der Waals surface area contributed by atoms with Crippen LogP contribution in [0.15, 0.2) is 64.2 Å². The number of nitrogens with zero attached hydrogens (tertiary/aromatic N) is 2. The van der Waals surface area contributed by atoms with E-state index >= 15 is 0 Å². The predicted octanol–water partition coefficient (Wildman–Crippen LogP) is 5.66. The van der Waals surface area contributed by atoms with Crippen molar-refractivity contribution in [3.05, 3.63) is 64.8 Å². The third-order valence-electron chi connectivity index (χ3n) is 3.84. The van der Waals surface area contributed by atoms with E-state index in [-0.39, 0.29) is 16.6 Å². The van der Waals surface area contributed by atoms with E-state index in [9.17, 15) is 18.0 Å². The number of aromatic nitrogens is 2. The summed E-state index contributed by atoms with van der Waals surface area (Å²) < 4.78 is 45.7. The zero-order valence-corrected chi connectivity index (χ0v) is 17.9. The standard InChI is InChI=1S/C20H15BrF3N3O2S/c1-29-15-8-6-14(7-9-15)25-18(28)11-30-19-26-16(10-17(27-19)20(22,23)24)12-2-4-13(21)5-3-12/h2-10H,11H2,1H3,(H,25,28). The average Bonchev–Trinajstić information content (AvgIpc) is 2.72. The van der Waals surface area contributed by atoms with E-state index in [0.717, 1.165) is 22.3 Å². The predicted molar refractivity (Wildman–Crippen MR) is 113 cm³/mol. The van der Waals surface area contributed by atoms with Crippen molar-refractivity contribution in [2.75, 3.05) is 18.2 Å². The highest BCUT2D eigenvalue weighted by molar-refractivity contribution is 9.10. The normalized spacial score (nSPS) is 11.2. The fraction of sp³-hybridized carbons (Fsp3) is 0.150. The molecule has 1 amide bonds. The number of methoxy groups -OCH3 is 1. The fourth-order valence-electron chi connectivity index (χ4n) is 2.40. The number of hydrogen-bond acceptors (Lipinski definition) is 5. The highest BCUT2D eigenvalue weighted by Gasteiger charge is 2.34. The number of hydrogen-bond donors (Lipinski definition) is 1. The van der Waals surface area contributed by atoms with Crippen LogP contribution in [0.2, 0.25) is 0 Å². The van der Waals surface area contributed by atoms with E-state index in [1.165, 1.54) is 7.11 Å². The van der Waals surface area contributed by atoms with Gasteiger partial charge in [-0.15, -0.1) is 0 Å². The summed E-state index contributed by atoms with van der Waals surface area (Å²) in [6, 6.07) is 14.3. The Bertz CT molecular complexity index is 1030. The van der Waals surface area contributed by atoms with Gasteiger partial charge in [-0.2, -0.15) is 13.2 Å². The number of amides is 1. The van der Waals surface area contributed by atoms with Gasteiger partial charge in [0.25, 0.3) is 0 Å². The van der Waals surface area contributed by atoms with Crippen LogP contribution in [0.25, 0.3) is 11.3 Å². The Morgan fingerprint density at radius 2 is 1.77 bits per heavy atom. The van der Waals surface area contributed by atoms with Gasteiger partial charge in [0.15, 0.2) is 5.16 Å². The van der Waals surface area contributed by atoms with Crippen LogP contribution in [0.3, 0.4) is 0 Å². The smallest absolute Gasteiger partial charge is 0.433 e.